The van der Waals surface area contributed by atoms with Gasteiger partial charge in [-0.25, -0.2) is 9.18 Å². The predicted octanol–water partition coefficient (Wildman–Crippen LogP) is 2.38. The van der Waals surface area contributed by atoms with Crippen molar-refractivity contribution >= 4 is 17.6 Å². The fourth-order valence-electron chi connectivity index (χ4n) is 1.88. The van der Waals surface area contributed by atoms with Crippen LogP contribution in [0.5, 0.6) is 11.5 Å². The van der Waals surface area contributed by atoms with Crippen LogP contribution in [0.4, 0.5) is 10.1 Å². The summed E-state index contributed by atoms with van der Waals surface area (Å²) in [6.07, 6.45) is 0. The average molecular weight is 287 g/mol. The van der Waals surface area contributed by atoms with Crippen molar-refractivity contribution in [3.8, 4) is 11.5 Å². The number of ether oxygens (including phenoxy) is 2. The Hall–Kier alpha value is -2.89. The van der Waals surface area contributed by atoms with Gasteiger partial charge in [-0.05, 0) is 36.4 Å². The molecule has 0 spiro atoms. The van der Waals surface area contributed by atoms with Crippen LogP contribution >= 0.6 is 0 Å². The first-order chi connectivity index (χ1) is 10.1. The first-order valence-corrected chi connectivity index (χ1v) is 6.16. The summed E-state index contributed by atoms with van der Waals surface area (Å²) in [4.78, 5) is 23.1. The molecule has 1 aliphatic rings. The Labute approximate surface area is 119 Å². The van der Waals surface area contributed by atoms with Gasteiger partial charge in [-0.3, -0.25) is 4.79 Å². The van der Waals surface area contributed by atoms with Crippen LogP contribution in [0, 0.1) is 5.82 Å². The minimum atomic E-state index is -0.613. The van der Waals surface area contributed by atoms with Crippen molar-refractivity contribution in [2.24, 2.45) is 0 Å². The molecule has 3 rings (SSSR count). The molecular weight excluding hydrogens is 277 g/mol. The molecule has 21 heavy (non-hydrogen) atoms. The van der Waals surface area contributed by atoms with E-state index in [-0.39, 0.29) is 23.8 Å². The summed E-state index contributed by atoms with van der Waals surface area (Å²) in [5, 5.41) is 2.62. The van der Waals surface area contributed by atoms with Gasteiger partial charge in [-0.2, -0.15) is 0 Å². The molecule has 0 aliphatic carbocycles. The average Bonchev–Trinajstić information content (AvgIpc) is 2.47. The van der Waals surface area contributed by atoms with Gasteiger partial charge in [0.1, 0.15) is 17.3 Å². The van der Waals surface area contributed by atoms with Crippen LogP contribution in [0.15, 0.2) is 42.5 Å². The van der Waals surface area contributed by atoms with E-state index in [2.05, 4.69) is 5.32 Å². The number of esters is 1. The van der Waals surface area contributed by atoms with E-state index in [1.54, 1.807) is 12.1 Å². The van der Waals surface area contributed by atoms with E-state index >= 15 is 0 Å². The van der Waals surface area contributed by atoms with E-state index in [9.17, 15) is 14.0 Å². The largest absolute Gasteiger partial charge is 0.482 e. The third kappa shape index (κ3) is 2.84. The summed E-state index contributed by atoms with van der Waals surface area (Å²) in [6, 6.07) is 9.67. The molecule has 1 aliphatic heterocycles. The van der Waals surface area contributed by atoms with Crippen molar-refractivity contribution in [3.63, 3.8) is 0 Å². The van der Waals surface area contributed by atoms with Crippen LogP contribution < -0.4 is 14.8 Å². The SMILES string of the molecule is O=C1COc2ccc(OC(=O)c3ccc(F)cc3)cc2N1. The number of anilines is 1. The number of halogens is 1. The van der Waals surface area contributed by atoms with Gasteiger partial charge in [0.15, 0.2) is 6.61 Å². The molecule has 6 heteroatoms. The maximum atomic E-state index is 12.8. The third-order valence-electron chi connectivity index (χ3n) is 2.87. The van der Waals surface area contributed by atoms with E-state index < -0.39 is 11.8 Å². The standard InChI is InChI=1S/C15H10FNO4/c16-10-3-1-9(2-4-10)15(19)21-11-5-6-13-12(7-11)17-14(18)8-20-13/h1-7H,8H2,(H,17,18). The summed E-state index contributed by atoms with van der Waals surface area (Å²) in [6.45, 7) is -0.0400. The number of hydrogen-bond acceptors (Lipinski definition) is 4. The maximum absolute atomic E-state index is 12.8. The molecule has 5 nitrogen and oxygen atoms in total. The van der Waals surface area contributed by atoms with Crippen molar-refractivity contribution in [1.82, 2.24) is 0 Å². The summed E-state index contributed by atoms with van der Waals surface area (Å²) in [5.74, 6) is -0.548. The van der Waals surface area contributed by atoms with Crippen LogP contribution in [-0.4, -0.2) is 18.5 Å². The lowest BCUT2D eigenvalue weighted by atomic mass is 10.2. The van der Waals surface area contributed by atoms with Crippen LogP contribution in [0.3, 0.4) is 0 Å². The Morgan fingerprint density at radius 3 is 2.71 bits per heavy atom. The minimum absolute atomic E-state index is 0.0400. The molecule has 0 saturated heterocycles. The molecule has 0 radical (unpaired) electrons. The van der Waals surface area contributed by atoms with E-state index in [4.69, 9.17) is 9.47 Å². The molecule has 0 aromatic heterocycles. The molecular formula is C15H10FNO4. The van der Waals surface area contributed by atoms with Gasteiger partial charge in [0.05, 0.1) is 11.3 Å². The van der Waals surface area contributed by atoms with Crippen molar-refractivity contribution in [2.75, 3.05) is 11.9 Å². The zero-order valence-electron chi connectivity index (χ0n) is 10.8. The quantitative estimate of drug-likeness (QED) is 0.680. The zero-order chi connectivity index (χ0) is 14.8. The highest BCUT2D eigenvalue weighted by Gasteiger charge is 2.17. The van der Waals surface area contributed by atoms with E-state index in [0.29, 0.717) is 11.4 Å². The number of nitrogens with one attached hydrogen (secondary N) is 1. The molecule has 1 N–H and O–H groups in total. The first kappa shape index (κ1) is 13.1. The van der Waals surface area contributed by atoms with Crippen LogP contribution in [0.1, 0.15) is 10.4 Å². The second-order valence-corrected chi connectivity index (χ2v) is 4.39. The maximum Gasteiger partial charge on any atom is 0.343 e. The lowest BCUT2D eigenvalue weighted by molar-refractivity contribution is -0.118. The van der Waals surface area contributed by atoms with Gasteiger partial charge in [-0.15, -0.1) is 0 Å². The molecule has 1 heterocycles. The molecule has 0 fully saturated rings. The lowest BCUT2D eigenvalue weighted by Gasteiger charge is -2.18. The number of benzene rings is 2. The van der Waals surface area contributed by atoms with Gasteiger partial charge in [-0.1, -0.05) is 0 Å². The second kappa shape index (κ2) is 5.24. The zero-order valence-corrected chi connectivity index (χ0v) is 10.8. The first-order valence-electron chi connectivity index (χ1n) is 6.16. The van der Waals surface area contributed by atoms with Gasteiger partial charge in [0.25, 0.3) is 5.91 Å². The molecule has 0 unspecified atom stereocenters. The molecule has 1 amide bonds. The van der Waals surface area contributed by atoms with Gasteiger partial charge in [0, 0.05) is 6.07 Å². The van der Waals surface area contributed by atoms with Crippen molar-refractivity contribution in [1.29, 1.82) is 0 Å². The minimum Gasteiger partial charge on any atom is -0.482 e. The van der Waals surface area contributed by atoms with Gasteiger partial charge in [0.2, 0.25) is 0 Å². The number of rotatable bonds is 2. The monoisotopic (exact) mass is 287 g/mol. The lowest BCUT2D eigenvalue weighted by Crippen LogP contribution is -2.25. The molecule has 2 aromatic carbocycles. The highest BCUT2D eigenvalue weighted by atomic mass is 19.1. The van der Waals surface area contributed by atoms with Gasteiger partial charge >= 0.3 is 5.97 Å². The smallest absolute Gasteiger partial charge is 0.343 e. The topological polar surface area (TPSA) is 64.6 Å². The summed E-state index contributed by atoms with van der Waals surface area (Å²) in [5.41, 5.74) is 0.671. The molecule has 2 aromatic rings. The molecule has 106 valence electrons. The van der Waals surface area contributed by atoms with Gasteiger partial charge < -0.3 is 14.8 Å². The summed E-state index contributed by atoms with van der Waals surface area (Å²) >= 11 is 0. The number of fused-ring (bicyclic) bond motifs is 1. The highest BCUT2D eigenvalue weighted by Crippen LogP contribution is 2.31. The van der Waals surface area contributed by atoms with E-state index in [1.165, 1.54) is 30.3 Å². The summed E-state index contributed by atoms with van der Waals surface area (Å²) in [7, 11) is 0. The van der Waals surface area contributed by atoms with Crippen molar-refractivity contribution < 1.29 is 23.5 Å². The molecule has 0 atom stereocenters. The van der Waals surface area contributed by atoms with Crippen LogP contribution in [-0.2, 0) is 4.79 Å². The Morgan fingerprint density at radius 2 is 1.95 bits per heavy atom. The van der Waals surface area contributed by atoms with Crippen LogP contribution in [0.25, 0.3) is 0 Å². The Kier molecular flexibility index (Phi) is 3.27. The Morgan fingerprint density at radius 1 is 1.19 bits per heavy atom. The number of carbonyl (C=O) groups is 2. The van der Waals surface area contributed by atoms with Crippen molar-refractivity contribution in [3.05, 3.63) is 53.8 Å². The summed E-state index contributed by atoms with van der Waals surface area (Å²) < 4.78 is 23.2. The number of hydrogen-bond donors (Lipinski definition) is 1. The van der Waals surface area contributed by atoms with Crippen molar-refractivity contribution in [2.45, 2.75) is 0 Å². The Bertz CT molecular complexity index is 712. The normalized spacial score (nSPS) is 12.9. The highest BCUT2D eigenvalue weighted by molar-refractivity contribution is 5.96. The van der Waals surface area contributed by atoms with E-state index in [1.807, 2.05) is 0 Å². The fraction of sp³-hybridized carbons (Fsp3) is 0.0667. The van der Waals surface area contributed by atoms with E-state index in [0.717, 1.165) is 0 Å². The number of carbonyl (C=O) groups excluding carboxylic acids is 2. The number of amides is 1. The second-order valence-electron chi connectivity index (χ2n) is 4.39. The molecule has 0 saturated carbocycles. The predicted molar refractivity (Wildman–Crippen MR) is 71.9 cm³/mol. The van der Waals surface area contributed by atoms with Crippen LogP contribution in [0.2, 0.25) is 0 Å². The molecule has 0 bridgehead atoms. The third-order valence-corrected chi connectivity index (χ3v) is 2.87. The Balaban J connectivity index is 1.79. The fourth-order valence-corrected chi connectivity index (χ4v) is 1.88.